The summed E-state index contributed by atoms with van der Waals surface area (Å²) >= 11 is 1.53. The zero-order valence-electron chi connectivity index (χ0n) is 12.5. The molecule has 1 heterocycles. The van der Waals surface area contributed by atoms with Crippen LogP contribution in [0.3, 0.4) is 0 Å². The summed E-state index contributed by atoms with van der Waals surface area (Å²) in [5.41, 5.74) is 3.65. The number of nitrogens with zero attached hydrogens (tertiary/aromatic N) is 2. The SMILES string of the molecule is Cc1ccc(S(=O)(=O)N(I)C(=O)NN2CCCCCC2)cc1. The van der Waals surface area contributed by atoms with Gasteiger partial charge in [-0.1, -0.05) is 30.5 Å². The van der Waals surface area contributed by atoms with Crippen molar-refractivity contribution in [1.82, 2.24) is 13.0 Å². The highest BCUT2D eigenvalue weighted by atomic mass is 127. The molecule has 1 aromatic rings. The summed E-state index contributed by atoms with van der Waals surface area (Å²) in [6, 6.07) is 5.81. The summed E-state index contributed by atoms with van der Waals surface area (Å²) < 4.78 is 25.6. The Labute approximate surface area is 145 Å². The minimum atomic E-state index is -3.83. The van der Waals surface area contributed by atoms with Crippen molar-refractivity contribution in [3.63, 3.8) is 0 Å². The highest BCUT2D eigenvalue weighted by molar-refractivity contribution is 14.1. The van der Waals surface area contributed by atoms with Gasteiger partial charge in [-0.2, -0.15) is 2.52 Å². The monoisotopic (exact) mass is 437 g/mol. The van der Waals surface area contributed by atoms with Gasteiger partial charge in [-0.05, 0) is 31.9 Å². The Kier molecular flexibility index (Phi) is 6.04. The highest BCUT2D eigenvalue weighted by Gasteiger charge is 2.28. The molecule has 122 valence electrons. The molecule has 1 aromatic carbocycles. The van der Waals surface area contributed by atoms with Crippen LogP contribution in [0.4, 0.5) is 4.79 Å². The molecule has 0 aliphatic carbocycles. The first-order valence-corrected chi connectivity index (χ1v) is 9.65. The van der Waals surface area contributed by atoms with Crippen molar-refractivity contribution in [2.24, 2.45) is 0 Å². The molecule has 1 N–H and O–H groups in total. The van der Waals surface area contributed by atoms with Gasteiger partial charge in [0.05, 0.1) is 27.8 Å². The predicted molar refractivity (Wildman–Crippen MR) is 92.8 cm³/mol. The highest BCUT2D eigenvalue weighted by Crippen LogP contribution is 2.20. The first kappa shape index (κ1) is 17.5. The van der Waals surface area contributed by atoms with Gasteiger partial charge < -0.3 is 0 Å². The molecule has 0 radical (unpaired) electrons. The van der Waals surface area contributed by atoms with E-state index < -0.39 is 16.1 Å². The fourth-order valence-electron chi connectivity index (χ4n) is 2.27. The normalized spacial score (nSPS) is 16.8. The molecule has 1 saturated heterocycles. The number of nitrogens with one attached hydrogen (secondary N) is 1. The van der Waals surface area contributed by atoms with E-state index in [1.807, 2.05) is 6.92 Å². The van der Waals surface area contributed by atoms with Crippen LogP contribution in [0.1, 0.15) is 31.2 Å². The largest absolute Gasteiger partial charge is 0.355 e. The second-order valence-electron chi connectivity index (χ2n) is 5.35. The van der Waals surface area contributed by atoms with Crippen LogP contribution >= 0.6 is 22.9 Å². The van der Waals surface area contributed by atoms with E-state index in [1.165, 1.54) is 35.0 Å². The molecule has 1 aliphatic rings. The molecule has 2 rings (SSSR count). The van der Waals surface area contributed by atoms with Gasteiger partial charge in [-0.15, -0.1) is 0 Å². The van der Waals surface area contributed by atoms with Gasteiger partial charge >= 0.3 is 6.03 Å². The van der Waals surface area contributed by atoms with E-state index in [0.717, 1.165) is 46.9 Å². The third kappa shape index (κ3) is 4.32. The van der Waals surface area contributed by atoms with Crippen molar-refractivity contribution in [2.75, 3.05) is 13.1 Å². The standard InChI is InChI=1S/C14H20IN3O3S/c1-12-6-8-13(9-7-12)22(20,21)18(15)14(19)16-17-10-4-2-3-5-11-17/h6-9H,2-5,10-11H2,1H3,(H,16,19). The lowest BCUT2D eigenvalue weighted by molar-refractivity contribution is 0.178. The minimum Gasteiger partial charge on any atom is -0.269 e. The number of amides is 2. The number of carbonyl (C=O) groups excluding carboxylic acids is 1. The molecule has 2 amide bonds. The van der Waals surface area contributed by atoms with Crippen LogP contribution in [0, 0.1) is 6.92 Å². The number of benzene rings is 1. The molecular formula is C14H20IN3O3S. The molecule has 6 nitrogen and oxygen atoms in total. The smallest absolute Gasteiger partial charge is 0.269 e. The topological polar surface area (TPSA) is 69.7 Å². The number of sulfonamides is 1. The number of aryl methyl sites for hydroxylation is 1. The Bertz CT molecular complexity index is 611. The molecule has 1 fully saturated rings. The Balaban J connectivity index is 2.06. The summed E-state index contributed by atoms with van der Waals surface area (Å²) in [5.74, 6) is 0. The molecule has 0 bridgehead atoms. The molecule has 0 spiro atoms. The van der Waals surface area contributed by atoms with E-state index in [-0.39, 0.29) is 4.90 Å². The van der Waals surface area contributed by atoms with Crippen LogP contribution in [0.25, 0.3) is 0 Å². The zero-order chi connectivity index (χ0) is 16.2. The first-order chi connectivity index (χ1) is 10.4. The Morgan fingerprint density at radius 2 is 1.68 bits per heavy atom. The average Bonchev–Trinajstić information content (AvgIpc) is 2.75. The third-order valence-corrected chi connectivity index (χ3v) is 7.00. The minimum absolute atomic E-state index is 0.110. The summed E-state index contributed by atoms with van der Waals surface area (Å²) in [7, 11) is -3.83. The Morgan fingerprint density at radius 1 is 1.14 bits per heavy atom. The van der Waals surface area contributed by atoms with E-state index in [2.05, 4.69) is 5.43 Å². The van der Waals surface area contributed by atoms with E-state index in [9.17, 15) is 13.2 Å². The Morgan fingerprint density at radius 3 is 2.23 bits per heavy atom. The summed E-state index contributed by atoms with van der Waals surface area (Å²) in [6.07, 6.45) is 4.29. The number of halogens is 1. The van der Waals surface area contributed by atoms with Crippen LogP contribution in [0.2, 0.25) is 0 Å². The molecule has 8 heteroatoms. The van der Waals surface area contributed by atoms with Gasteiger partial charge in [-0.25, -0.2) is 18.2 Å². The van der Waals surface area contributed by atoms with Crippen LogP contribution < -0.4 is 5.43 Å². The lowest BCUT2D eigenvalue weighted by Crippen LogP contribution is -2.47. The molecule has 0 unspecified atom stereocenters. The van der Waals surface area contributed by atoms with Gasteiger partial charge in [0.2, 0.25) is 0 Å². The van der Waals surface area contributed by atoms with E-state index in [0.29, 0.717) is 0 Å². The maximum atomic E-state index is 12.4. The van der Waals surface area contributed by atoms with Crippen molar-refractivity contribution in [3.8, 4) is 0 Å². The Hall–Kier alpha value is -0.870. The number of carbonyl (C=O) groups is 1. The maximum Gasteiger partial charge on any atom is 0.355 e. The van der Waals surface area contributed by atoms with Crippen molar-refractivity contribution < 1.29 is 13.2 Å². The van der Waals surface area contributed by atoms with E-state index in [4.69, 9.17) is 0 Å². The third-order valence-electron chi connectivity index (χ3n) is 3.55. The summed E-state index contributed by atoms with van der Waals surface area (Å²) in [5, 5.41) is 1.80. The van der Waals surface area contributed by atoms with Crippen LogP contribution in [0.15, 0.2) is 29.2 Å². The summed E-state index contributed by atoms with van der Waals surface area (Å²) in [4.78, 5) is 12.3. The second-order valence-corrected chi connectivity index (χ2v) is 8.76. The van der Waals surface area contributed by atoms with Crippen molar-refractivity contribution >= 4 is 38.9 Å². The molecule has 1 aliphatic heterocycles. The number of hydrogen-bond acceptors (Lipinski definition) is 4. The molecule has 0 atom stereocenters. The van der Waals surface area contributed by atoms with Crippen molar-refractivity contribution in [2.45, 2.75) is 37.5 Å². The van der Waals surface area contributed by atoms with Gasteiger partial charge in [0, 0.05) is 13.1 Å². The van der Waals surface area contributed by atoms with E-state index >= 15 is 0 Å². The van der Waals surface area contributed by atoms with Crippen molar-refractivity contribution in [1.29, 1.82) is 0 Å². The van der Waals surface area contributed by atoms with Crippen LogP contribution in [-0.4, -0.2) is 35.1 Å². The van der Waals surface area contributed by atoms with Gasteiger partial charge in [0.1, 0.15) is 0 Å². The van der Waals surface area contributed by atoms with Crippen LogP contribution in [0.5, 0.6) is 0 Å². The first-order valence-electron chi connectivity index (χ1n) is 7.24. The fourth-order valence-corrected chi connectivity index (χ4v) is 3.98. The number of hydrogen-bond donors (Lipinski definition) is 1. The van der Waals surface area contributed by atoms with Gasteiger partial charge in [0.15, 0.2) is 0 Å². The second kappa shape index (κ2) is 7.60. The summed E-state index contributed by atoms with van der Waals surface area (Å²) in [6.45, 7) is 3.38. The number of hydrazine groups is 1. The average molecular weight is 437 g/mol. The number of rotatable bonds is 3. The predicted octanol–water partition coefficient (Wildman–Crippen LogP) is 2.84. The maximum absolute atomic E-state index is 12.4. The molecule has 22 heavy (non-hydrogen) atoms. The lowest BCUT2D eigenvalue weighted by atomic mass is 10.2. The molecular weight excluding hydrogens is 417 g/mol. The van der Waals surface area contributed by atoms with Crippen LogP contribution in [-0.2, 0) is 10.0 Å². The van der Waals surface area contributed by atoms with E-state index in [1.54, 1.807) is 17.1 Å². The number of urea groups is 1. The zero-order valence-corrected chi connectivity index (χ0v) is 15.4. The quantitative estimate of drug-likeness (QED) is 0.584. The molecule has 0 aromatic heterocycles. The molecule has 0 saturated carbocycles. The fraction of sp³-hybridized carbons (Fsp3) is 0.500. The van der Waals surface area contributed by atoms with Gasteiger partial charge in [0.25, 0.3) is 10.0 Å². The lowest BCUT2D eigenvalue weighted by Gasteiger charge is -2.23. The van der Waals surface area contributed by atoms with Crippen molar-refractivity contribution in [3.05, 3.63) is 29.8 Å². The van der Waals surface area contributed by atoms with Gasteiger partial charge in [-0.3, -0.25) is 5.43 Å².